The van der Waals surface area contributed by atoms with Gasteiger partial charge in [-0.25, -0.2) is 4.39 Å². The fraction of sp³-hybridized carbons (Fsp3) is 0.429. The predicted molar refractivity (Wildman–Crippen MR) is 77.1 cm³/mol. The van der Waals surface area contributed by atoms with Gasteiger partial charge in [0.1, 0.15) is 11.6 Å². The van der Waals surface area contributed by atoms with E-state index >= 15 is 0 Å². The maximum Gasteiger partial charge on any atom is 0.320 e. The van der Waals surface area contributed by atoms with Gasteiger partial charge in [-0.05, 0) is 32.9 Å². The van der Waals surface area contributed by atoms with E-state index in [0.717, 1.165) is 0 Å². The van der Waals surface area contributed by atoms with Gasteiger partial charge in [-0.3, -0.25) is 0 Å². The largest absolute Gasteiger partial charge is 0.497 e. The van der Waals surface area contributed by atoms with Crippen molar-refractivity contribution in [3.05, 3.63) is 29.9 Å². The van der Waals surface area contributed by atoms with Crippen LogP contribution in [0.15, 0.2) is 22.6 Å². The molecule has 114 valence electrons. The number of nitrogens with zero attached hydrogens (tertiary/aromatic N) is 2. The lowest BCUT2D eigenvalue weighted by Gasteiger charge is -2.18. The molecular weight excluding hydrogens is 275 g/mol. The Hall–Kier alpha value is -2.15. The fourth-order valence-electron chi connectivity index (χ4n) is 1.56. The number of halogens is 1. The van der Waals surface area contributed by atoms with E-state index in [1.54, 1.807) is 0 Å². The van der Waals surface area contributed by atoms with Gasteiger partial charge in [0.15, 0.2) is 0 Å². The quantitative estimate of drug-likeness (QED) is 0.883. The van der Waals surface area contributed by atoms with Crippen LogP contribution in [0.2, 0.25) is 0 Å². The molecule has 0 unspecified atom stereocenters. The van der Waals surface area contributed by atoms with Crippen LogP contribution < -0.4 is 15.4 Å². The molecule has 2 N–H and O–H groups in total. The van der Waals surface area contributed by atoms with Crippen LogP contribution in [-0.4, -0.2) is 22.8 Å². The number of hydrogen-bond acceptors (Lipinski definition) is 6. The molecule has 7 heteroatoms. The van der Waals surface area contributed by atoms with Gasteiger partial charge < -0.3 is 19.8 Å². The summed E-state index contributed by atoms with van der Waals surface area (Å²) in [4.78, 5) is 0. The number of anilines is 2. The number of methoxy groups -OCH3 is 1. The maximum absolute atomic E-state index is 13.7. The summed E-state index contributed by atoms with van der Waals surface area (Å²) in [5.74, 6) is 0.534. The molecule has 0 saturated carbocycles. The predicted octanol–water partition coefficient (Wildman–Crippen LogP) is 2.85. The van der Waals surface area contributed by atoms with Gasteiger partial charge in [0, 0.05) is 11.6 Å². The van der Waals surface area contributed by atoms with Crippen LogP contribution in [0.5, 0.6) is 5.75 Å². The molecule has 0 spiro atoms. The van der Waals surface area contributed by atoms with Crippen LogP contribution in [0.3, 0.4) is 0 Å². The van der Waals surface area contributed by atoms with Crippen molar-refractivity contribution >= 4 is 11.7 Å². The number of nitrogens with one attached hydrogen (secondary N) is 2. The van der Waals surface area contributed by atoms with E-state index in [-0.39, 0.29) is 17.2 Å². The maximum atomic E-state index is 13.7. The van der Waals surface area contributed by atoms with Crippen LogP contribution in [0.1, 0.15) is 26.7 Å². The minimum atomic E-state index is -0.427. The molecule has 1 aromatic heterocycles. The molecule has 6 nitrogen and oxygen atoms in total. The third-order valence-electron chi connectivity index (χ3n) is 2.65. The Labute approximate surface area is 122 Å². The Kier molecular flexibility index (Phi) is 4.42. The van der Waals surface area contributed by atoms with Crippen molar-refractivity contribution in [1.29, 1.82) is 0 Å². The zero-order chi connectivity index (χ0) is 15.5. The summed E-state index contributed by atoms with van der Waals surface area (Å²) < 4.78 is 24.1. The zero-order valence-corrected chi connectivity index (χ0v) is 12.5. The summed E-state index contributed by atoms with van der Waals surface area (Å²) in [5.41, 5.74) is 0.161. The van der Waals surface area contributed by atoms with E-state index in [1.807, 2.05) is 20.8 Å². The first-order valence-corrected chi connectivity index (χ1v) is 6.55. The highest BCUT2D eigenvalue weighted by Gasteiger charge is 2.13. The normalized spacial score (nSPS) is 11.5. The number of ether oxygens (including phenoxy) is 1. The highest BCUT2D eigenvalue weighted by molar-refractivity contribution is 5.55. The van der Waals surface area contributed by atoms with E-state index in [9.17, 15) is 4.39 Å². The molecule has 2 rings (SSSR count). The second kappa shape index (κ2) is 6.09. The molecule has 0 aliphatic rings. The summed E-state index contributed by atoms with van der Waals surface area (Å²) in [5, 5.41) is 13.7. The van der Waals surface area contributed by atoms with Crippen LogP contribution in [0.25, 0.3) is 0 Å². The summed E-state index contributed by atoms with van der Waals surface area (Å²) >= 11 is 0. The van der Waals surface area contributed by atoms with Crippen molar-refractivity contribution in [1.82, 2.24) is 15.5 Å². The van der Waals surface area contributed by atoms with Gasteiger partial charge in [0.25, 0.3) is 0 Å². The SMILES string of the molecule is COc1ccc(F)c(Nc2nnc(CNC(C)(C)C)o2)c1. The Morgan fingerprint density at radius 3 is 2.71 bits per heavy atom. The lowest BCUT2D eigenvalue weighted by Crippen LogP contribution is -2.35. The second-order valence-electron chi connectivity index (χ2n) is 5.58. The Morgan fingerprint density at radius 2 is 2.05 bits per heavy atom. The number of aromatic nitrogens is 2. The average molecular weight is 294 g/mol. The lowest BCUT2D eigenvalue weighted by atomic mass is 10.1. The first-order valence-electron chi connectivity index (χ1n) is 6.55. The smallest absolute Gasteiger partial charge is 0.320 e. The first kappa shape index (κ1) is 15.2. The summed E-state index contributed by atoms with van der Waals surface area (Å²) in [6, 6.07) is 4.49. The number of rotatable bonds is 5. The summed E-state index contributed by atoms with van der Waals surface area (Å²) in [6.45, 7) is 6.55. The highest BCUT2D eigenvalue weighted by atomic mass is 19.1. The van der Waals surface area contributed by atoms with Crippen LogP contribution in [0, 0.1) is 5.82 Å². The van der Waals surface area contributed by atoms with Crippen molar-refractivity contribution in [3.8, 4) is 5.75 Å². The number of hydrogen-bond donors (Lipinski definition) is 2. The van der Waals surface area contributed by atoms with Crippen molar-refractivity contribution in [3.63, 3.8) is 0 Å². The third-order valence-corrected chi connectivity index (χ3v) is 2.65. The van der Waals surface area contributed by atoms with Gasteiger partial charge in [-0.15, -0.1) is 5.10 Å². The fourth-order valence-corrected chi connectivity index (χ4v) is 1.56. The minimum Gasteiger partial charge on any atom is -0.497 e. The van der Waals surface area contributed by atoms with E-state index in [2.05, 4.69) is 20.8 Å². The summed E-state index contributed by atoms with van der Waals surface area (Å²) in [6.07, 6.45) is 0. The number of benzene rings is 1. The molecule has 0 amide bonds. The second-order valence-corrected chi connectivity index (χ2v) is 5.58. The zero-order valence-electron chi connectivity index (χ0n) is 12.5. The molecule has 0 radical (unpaired) electrons. The van der Waals surface area contributed by atoms with Crippen molar-refractivity contribution in [2.45, 2.75) is 32.9 Å². The van der Waals surface area contributed by atoms with Gasteiger partial charge in [-0.1, -0.05) is 5.10 Å². The Balaban J connectivity index is 2.05. The molecule has 2 aromatic rings. The van der Waals surface area contributed by atoms with Crippen molar-refractivity contribution < 1.29 is 13.5 Å². The van der Waals surface area contributed by atoms with Crippen molar-refractivity contribution in [2.24, 2.45) is 0 Å². The molecule has 0 fully saturated rings. The molecule has 1 heterocycles. The van der Waals surface area contributed by atoms with E-state index in [4.69, 9.17) is 9.15 Å². The first-order chi connectivity index (χ1) is 9.87. The Morgan fingerprint density at radius 1 is 1.29 bits per heavy atom. The standard InChI is InChI=1S/C14H19FN4O2/c1-14(2,3)16-8-12-18-19-13(21-12)17-11-7-9(20-4)5-6-10(11)15/h5-7,16H,8H2,1-4H3,(H,17,19). The molecule has 0 atom stereocenters. The van der Waals surface area contributed by atoms with Gasteiger partial charge >= 0.3 is 6.01 Å². The molecule has 0 bridgehead atoms. The molecule has 0 aliphatic carbocycles. The summed E-state index contributed by atoms with van der Waals surface area (Å²) in [7, 11) is 1.51. The molecule has 0 aliphatic heterocycles. The lowest BCUT2D eigenvalue weighted by molar-refractivity contribution is 0.384. The van der Waals surface area contributed by atoms with Gasteiger partial charge in [0.05, 0.1) is 19.3 Å². The van der Waals surface area contributed by atoms with Crippen molar-refractivity contribution in [2.75, 3.05) is 12.4 Å². The monoisotopic (exact) mass is 294 g/mol. The van der Waals surface area contributed by atoms with Crippen LogP contribution >= 0.6 is 0 Å². The molecule has 0 saturated heterocycles. The van der Waals surface area contributed by atoms with Crippen LogP contribution in [0.4, 0.5) is 16.1 Å². The average Bonchev–Trinajstić information content (AvgIpc) is 2.86. The molecule has 21 heavy (non-hydrogen) atoms. The van der Waals surface area contributed by atoms with Gasteiger partial charge in [-0.2, -0.15) is 0 Å². The highest BCUT2D eigenvalue weighted by Crippen LogP contribution is 2.24. The Bertz CT molecular complexity index is 607. The molecule has 1 aromatic carbocycles. The van der Waals surface area contributed by atoms with E-state index in [1.165, 1.54) is 25.3 Å². The minimum absolute atomic E-state index is 0.0546. The van der Waals surface area contributed by atoms with E-state index in [0.29, 0.717) is 18.2 Å². The van der Waals surface area contributed by atoms with Crippen LogP contribution in [-0.2, 0) is 6.54 Å². The van der Waals surface area contributed by atoms with E-state index < -0.39 is 5.82 Å². The third kappa shape index (κ3) is 4.42. The van der Waals surface area contributed by atoms with Gasteiger partial charge in [0.2, 0.25) is 5.89 Å². The molecular formula is C14H19FN4O2. The topological polar surface area (TPSA) is 72.2 Å².